The molecule has 0 saturated carbocycles. The number of hydrogen-bond acceptors (Lipinski definition) is 5. The molecule has 1 saturated heterocycles. The van der Waals surface area contributed by atoms with Crippen molar-refractivity contribution in [2.24, 2.45) is 5.92 Å². The molecular formula is C24H28N2O5. The van der Waals surface area contributed by atoms with Gasteiger partial charge in [-0.15, -0.1) is 0 Å². The molecule has 7 nitrogen and oxygen atoms in total. The molecule has 0 spiro atoms. The molecule has 1 aliphatic rings. The third kappa shape index (κ3) is 5.42. The maximum Gasteiger partial charge on any atom is 0.312 e. The maximum atomic E-state index is 12.6. The molecule has 2 atom stereocenters. The van der Waals surface area contributed by atoms with Gasteiger partial charge in [0, 0.05) is 24.3 Å². The summed E-state index contributed by atoms with van der Waals surface area (Å²) in [5, 5.41) is 2.72. The van der Waals surface area contributed by atoms with Gasteiger partial charge in [0.25, 0.3) is 5.91 Å². The summed E-state index contributed by atoms with van der Waals surface area (Å²) in [6, 6.07) is 14.6. The minimum absolute atomic E-state index is 0.0735. The van der Waals surface area contributed by atoms with Crippen LogP contribution in [0.4, 0.5) is 11.4 Å². The summed E-state index contributed by atoms with van der Waals surface area (Å²) in [5.74, 6) is -0.984. The molecule has 2 aromatic carbocycles. The van der Waals surface area contributed by atoms with Crippen LogP contribution in [0.1, 0.15) is 32.8 Å². The lowest BCUT2D eigenvalue weighted by molar-refractivity contribution is -0.157. The van der Waals surface area contributed by atoms with Crippen LogP contribution in [0.2, 0.25) is 0 Å². The predicted molar refractivity (Wildman–Crippen MR) is 118 cm³/mol. The van der Waals surface area contributed by atoms with Gasteiger partial charge < -0.3 is 19.7 Å². The third-order valence-electron chi connectivity index (χ3n) is 5.22. The summed E-state index contributed by atoms with van der Waals surface area (Å²) < 4.78 is 10.7. The number of carbonyl (C=O) groups is 3. The van der Waals surface area contributed by atoms with E-state index < -0.39 is 23.9 Å². The van der Waals surface area contributed by atoms with Crippen molar-refractivity contribution in [1.82, 2.24) is 0 Å². The number of hydrogen-bond donors (Lipinski definition) is 1. The lowest BCUT2D eigenvalue weighted by Gasteiger charge is -2.20. The molecule has 1 heterocycles. The van der Waals surface area contributed by atoms with Crippen molar-refractivity contribution in [1.29, 1.82) is 0 Å². The summed E-state index contributed by atoms with van der Waals surface area (Å²) in [7, 11) is 0. The first-order chi connectivity index (χ1) is 14.9. The molecule has 7 heteroatoms. The molecule has 0 aromatic heterocycles. The van der Waals surface area contributed by atoms with Crippen molar-refractivity contribution in [3.05, 3.63) is 54.1 Å². The smallest absolute Gasteiger partial charge is 0.312 e. The van der Waals surface area contributed by atoms with Crippen LogP contribution in [-0.2, 0) is 25.5 Å². The fraction of sp³-hybridized carbons (Fsp3) is 0.375. The number of benzene rings is 2. The van der Waals surface area contributed by atoms with E-state index >= 15 is 0 Å². The Morgan fingerprint density at radius 2 is 1.84 bits per heavy atom. The highest BCUT2D eigenvalue weighted by Gasteiger charge is 2.37. The second-order valence-electron chi connectivity index (χ2n) is 7.41. The first-order valence-electron chi connectivity index (χ1n) is 10.5. The van der Waals surface area contributed by atoms with Crippen molar-refractivity contribution in [2.75, 3.05) is 23.4 Å². The number of nitrogens with one attached hydrogen (secondary N) is 1. The van der Waals surface area contributed by atoms with Gasteiger partial charge in [-0.05, 0) is 56.2 Å². The highest BCUT2D eigenvalue weighted by atomic mass is 16.5. The minimum Gasteiger partial charge on any atom is -0.494 e. The average Bonchev–Trinajstić information content (AvgIpc) is 3.16. The molecule has 164 valence electrons. The molecule has 1 fully saturated rings. The Bertz CT molecular complexity index is 941. The SMILES string of the molecule is CCOc1ccc(NC(=O)[C@H](C)OC(=O)[C@H]2CC(=O)N(c3ccccc3CC)C2)cc1. The molecule has 1 aliphatic heterocycles. The quantitative estimate of drug-likeness (QED) is 0.655. The molecule has 0 radical (unpaired) electrons. The summed E-state index contributed by atoms with van der Waals surface area (Å²) in [6.07, 6.45) is -0.117. The first kappa shape index (κ1) is 22.3. The largest absolute Gasteiger partial charge is 0.494 e. The van der Waals surface area contributed by atoms with E-state index in [0.29, 0.717) is 18.0 Å². The average molecular weight is 424 g/mol. The number of nitrogens with zero attached hydrogens (tertiary/aromatic N) is 1. The van der Waals surface area contributed by atoms with Crippen molar-refractivity contribution >= 4 is 29.2 Å². The lowest BCUT2D eigenvalue weighted by atomic mass is 10.1. The van der Waals surface area contributed by atoms with E-state index in [4.69, 9.17) is 9.47 Å². The second-order valence-corrected chi connectivity index (χ2v) is 7.41. The predicted octanol–water partition coefficient (Wildman–Crippen LogP) is 3.57. The normalized spacial score (nSPS) is 16.7. The van der Waals surface area contributed by atoms with Crippen LogP contribution in [0.15, 0.2) is 48.5 Å². The Morgan fingerprint density at radius 1 is 1.13 bits per heavy atom. The van der Waals surface area contributed by atoms with E-state index in [9.17, 15) is 14.4 Å². The van der Waals surface area contributed by atoms with E-state index in [1.54, 1.807) is 29.2 Å². The molecule has 0 unspecified atom stereocenters. The standard InChI is InChI=1S/C24H28N2O5/c1-4-17-8-6-7-9-21(17)26-15-18(14-22(26)27)24(29)31-16(3)23(28)25-19-10-12-20(13-11-19)30-5-2/h6-13,16,18H,4-5,14-15H2,1-3H3,(H,25,28)/t16-,18-/m0/s1. The van der Waals surface area contributed by atoms with Gasteiger partial charge in [-0.1, -0.05) is 25.1 Å². The fourth-order valence-corrected chi connectivity index (χ4v) is 3.54. The van der Waals surface area contributed by atoms with Gasteiger partial charge in [0.2, 0.25) is 5.91 Å². The molecule has 1 N–H and O–H groups in total. The molecule has 3 rings (SSSR count). The van der Waals surface area contributed by atoms with Crippen LogP contribution >= 0.6 is 0 Å². The van der Waals surface area contributed by atoms with Crippen molar-refractivity contribution in [3.63, 3.8) is 0 Å². The highest BCUT2D eigenvalue weighted by molar-refractivity contribution is 6.01. The van der Waals surface area contributed by atoms with Crippen LogP contribution in [0, 0.1) is 5.92 Å². The molecule has 0 aliphatic carbocycles. The van der Waals surface area contributed by atoms with Crippen molar-refractivity contribution < 1.29 is 23.9 Å². The molecule has 2 aromatic rings. The van der Waals surface area contributed by atoms with E-state index in [0.717, 1.165) is 17.7 Å². The number of carbonyl (C=O) groups excluding carboxylic acids is 3. The van der Waals surface area contributed by atoms with Gasteiger partial charge in [-0.25, -0.2) is 0 Å². The lowest BCUT2D eigenvalue weighted by Crippen LogP contribution is -2.33. The van der Waals surface area contributed by atoms with Gasteiger partial charge >= 0.3 is 5.97 Å². The molecular weight excluding hydrogens is 396 g/mol. The maximum absolute atomic E-state index is 12.6. The number of aryl methyl sites for hydroxylation is 1. The van der Waals surface area contributed by atoms with Crippen molar-refractivity contribution in [2.45, 2.75) is 39.7 Å². The minimum atomic E-state index is -0.980. The number of amides is 2. The van der Waals surface area contributed by atoms with Gasteiger partial charge in [-0.3, -0.25) is 14.4 Å². The topological polar surface area (TPSA) is 84.9 Å². The number of ether oxygens (including phenoxy) is 2. The number of para-hydroxylation sites is 1. The summed E-state index contributed by atoms with van der Waals surface area (Å²) in [6.45, 7) is 6.25. The Balaban J connectivity index is 1.57. The number of rotatable bonds is 8. The van der Waals surface area contributed by atoms with E-state index in [2.05, 4.69) is 5.32 Å². The Labute approximate surface area is 182 Å². The second kappa shape index (κ2) is 10.1. The molecule has 31 heavy (non-hydrogen) atoms. The van der Waals surface area contributed by atoms with Crippen molar-refractivity contribution in [3.8, 4) is 5.75 Å². The van der Waals surface area contributed by atoms with Gasteiger partial charge in [0.05, 0.1) is 12.5 Å². The summed E-state index contributed by atoms with van der Waals surface area (Å²) in [4.78, 5) is 39.2. The van der Waals surface area contributed by atoms with E-state index in [1.165, 1.54) is 6.92 Å². The van der Waals surface area contributed by atoms with Gasteiger partial charge in [0.1, 0.15) is 5.75 Å². The Hall–Kier alpha value is -3.35. The zero-order chi connectivity index (χ0) is 22.4. The highest BCUT2D eigenvalue weighted by Crippen LogP contribution is 2.29. The zero-order valence-electron chi connectivity index (χ0n) is 18.1. The summed E-state index contributed by atoms with van der Waals surface area (Å²) in [5.41, 5.74) is 2.45. The van der Waals surface area contributed by atoms with Crippen LogP contribution in [0.3, 0.4) is 0 Å². The van der Waals surface area contributed by atoms with Crippen LogP contribution in [0.25, 0.3) is 0 Å². The number of anilines is 2. The first-order valence-corrected chi connectivity index (χ1v) is 10.5. The Morgan fingerprint density at radius 3 is 2.52 bits per heavy atom. The fourth-order valence-electron chi connectivity index (χ4n) is 3.54. The van der Waals surface area contributed by atoms with Gasteiger partial charge in [-0.2, -0.15) is 0 Å². The van der Waals surface area contributed by atoms with E-state index in [-0.39, 0.29) is 18.9 Å². The number of esters is 1. The van der Waals surface area contributed by atoms with Crippen LogP contribution < -0.4 is 15.0 Å². The molecule has 2 amide bonds. The summed E-state index contributed by atoms with van der Waals surface area (Å²) >= 11 is 0. The molecule has 0 bridgehead atoms. The van der Waals surface area contributed by atoms with Gasteiger partial charge in [0.15, 0.2) is 6.10 Å². The zero-order valence-corrected chi connectivity index (χ0v) is 18.1. The third-order valence-corrected chi connectivity index (χ3v) is 5.22. The van der Waals surface area contributed by atoms with Crippen LogP contribution in [-0.4, -0.2) is 37.0 Å². The van der Waals surface area contributed by atoms with Crippen LogP contribution in [0.5, 0.6) is 5.75 Å². The monoisotopic (exact) mass is 424 g/mol. The Kier molecular flexibility index (Phi) is 7.28. The van der Waals surface area contributed by atoms with E-state index in [1.807, 2.05) is 38.1 Å².